The molecule has 1 aliphatic heterocycles. The van der Waals surface area contributed by atoms with Gasteiger partial charge < -0.3 is 10.1 Å². The molecule has 0 aromatic carbocycles. The zero-order valence-corrected chi connectivity index (χ0v) is 11.6. The first-order valence-electron chi connectivity index (χ1n) is 6.31. The Balaban J connectivity index is 2.26. The molecule has 1 N–H and O–H groups in total. The van der Waals surface area contributed by atoms with Gasteiger partial charge in [-0.25, -0.2) is 8.42 Å². The third kappa shape index (κ3) is 4.91. The number of ether oxygens (including phenoxy) is 1. The van der Waals surface area contributed by atoms with Gasteiger partial charge in [0.05, 0.1) is 11.9 Å². The summed E-state index contributed by atoms with van der Waals surface area (Å²) in [4.78, 5) is 0. The maximum atomic E-state index is 12.0. The lowest BCUT2D eigenvalue weighted by atomic mass is 10.3. The third-order valence-electron chi connectivity index (χ3n) is 3.02. The molecular formula is C11H24N2O3S. The van der Waals surface area contributed by atoms with Crippen molar-refractivity contribution in [1.29, 1.82) is 0 Å². The summed E-state index contributed by atoms with van der Waals surface area (Å²) in [7, 11) is -1.44. The summed E-state index contributed by atoms with van der Waals surface area (Å²) in [5, 5.41) is 3.21. The molecule has 1 unspecified atom stereocenters. The molecule has 6 heteroatoms. The quantitative estimate of drug-likeness (QED) is 0.646. The van der Waals surface area contributed by atoms with Crippen LogP contribution in [0.2, 0.25) is 0 Å². The minimum Gasteiger partial charge on any atom is -0.380 e. The Hall–Kier alpha value is -0.170. The lowest BCUT2D eigenvalue weighted by molar-refractivity contribution is 0.115. The predicted octanol–water partition coefficient (Wildman–Crippen LogP) is 0.427. The summed E-state index contributed by atoms with van der Waals surface area (Å²) in [6.07, 6.45) is 2.64. The van der Waals surface area contributed by atoms with Crippen molar-refractivity contribution < 1.29 is 13.2 Å². The van der Waals surface area contributed by atoms with Crippen molar-refractivity contribution in [2.75, 3.05) is 39.0 Å². The molecule has 0 amide bonds. The van der Waals surface area contributed by atoms with Crippen LogP contribution in [0.15, 0.2) is 0 Å². The van der Waals surface area contributed by atoms with Crippen LogP contribution >= 0.6 is 0 Å². The van der Waals surface area contributed by atoms with E-state index < -0.39 is 10.0 Å². The highest BCUT2D eigenvalue weighted by atomic mass is 32.2. The molecular weight excluding hydrogens is 240 g/mol. The minimum atomic E-state index is -3.08. The van der Waals surface area contributed by atoms with Crippen molar-refractivity contribution in [2.24, 2.45) is 0 Å². The molecule has 0 aliphatic carbocycles. The third-order valence-corrected chi connectivity index (χ3v) is 4.94. The standard InChI is InChI=1S/C11H24N2O3S/c1-3-6-12-7-4-9-17(14,15)13-8-5-11(10-13)16-2/h11-12H,3-10H2,1-2H3. The average Bonchev–Trinajstić information content (AvgIpc) is 2.78. The van der Waals surface area contributed by atoms with Crippen LogP contribution in [-0.4, -0.2) is 57.9 Å². The molecule has 1 aliphatic rings. The molecule has 0 bridgehead atoms. The van der Waals surface area contributed by atoms with Crippen LogP contribution in [0.25, 0.3) is 0 Å². The van der Waals surface area contributed by atoms with Crippen LogP contribution in [0.5, 0.6) is 0 Å². The fraction of sp³-hybridized carbons (Fsp3) is 1.00. The van der Waals surface area contributed by atoms with Crippen molar-refractivity contribution in [1.82, 2.24) is 9.62 Å². The fourth-order valence-corrected chi connectivity index (χ4v) is 3.50. The van der Waals surface area contributed by atoms with E-state index >= 15 is 0 Å². The van der Waals surface area contributed by atoms with Crippen molar-refractivity contribution in [3.05, 3.63) is 0 Å². The number of hydrogen-bond donors (Lipinski definition) is 1. The van der Waals surface area contributed by atoms with Gasteiger partial charge in [-0.05, 0) is 32.4 Å². The largest absolute Gasteiger partial charge is 0.380 e. The Morgan fingerprint density at radius 2 is 2.18 bits per heavy atom. The monoisotopic (exact) mass is 264 g/mol. The molecule has 1 heterocycles. The molecule has 1 rings (SSSR count). The zero-order chi connectivity index (χ0) is 12.7. The molecule has 0 aromatic heterocycles. The summed E-state index contributed by atoms with van der Waals surface area (Å²) in [5.74, 6) is 0.236. The van der Waals surface area contributed by atoms with Crippen molar-refractivity contribution in [2.45, 2.75) is 32.3 Å². The number of nitrogens with one attached hydrogen (secondary N) is 1. The van der Waals surface area contributed by atoms with Crippen LogP contribution in [0.4, 0.5) is 0 Å². The molecule has 0 saturated carbocycles. The maximum absolute atomic E-state index is 12.0. The smallest absolute Gasteiger partial charge is 0.214 e. The summed E-state index contributed by atoms with van der Waals surface area (Å²) < 4.78 is 30.7. The Labute approximate surface area is 105 Å². The van der Waals surface area contributed by atoms with Gasteiger partial charge in [-0.2, -0.15) is 4.31 Å². The first kappa shape index (κ1) is 14.9. The molecule has 1 atom stereocenters. The molecule has 1 fully saturated rings. The van der Waals surface area contributed by atoms with Gasteiger partial charge in [0.15, 0.2) is 0 Å². The number of methoxy groups -OCH3 is 1. The van der Waals surface area contributed by atoms with Gasteiger partial charge in [-0.15, -0.1) is 0 Å². The van der Waals surface area contributed by atoms with Gasteiger partial charge >= 0.3 is 0 Å². The fourth-order valence-electron chi connectivity index (χ4n) is 1.95. The lowest BCUT2D eigenvalue weighted by Gasteiger charge is -2.16. The summed E-state index contributed by atoms with van der Waals surface area (Å²) >= 11 is 0. The minimum absolute atomic E-state index is 0.0722. The maximum Gasteiger partial charge on any atom is 0.214 e. The molecule has 5 nitrogen and oxygen atoms in total. The van der Waals surface area contributed by atoms with Crippen LogP contribution in [0.1, 0.15) is 26.2 Å². The van der Waals surface area contributed by atoms with E-state index in [2.05, 4.69) is 12.2 Å². The normalized spacial score (nSPS) is 22.1. The van der Waals surface area contributed by atoms with E-state index in [-0.39, 0.29) is 11.9 Å². The van der Waals surface area contributed by atoms with Gasteiger partial charge in [0.1, 0.15) is 0 Å². The first-order chi connectivity index (χ1) is 8.10. The highest BCUT2D eigenvalue weighted by Crippen LogP contribution is 2.16. The van der Waals surface area contributed by atoms with Gasteiger partial charge in [-0.1, -0.05) is 6.92 Å². The van der Waals surface area contributed by atoms with Gasteiger partial charge in [-0.3, -0.25) is 0 Å². The second-order valence-corrected chi connectivity index (χ2v) is 6.51. The van der Waals surface area contributed by atoms with Crippen molar-refractivity contribution in [3.63, 3.8) is 0 Å². The van der Waals surface area contributed by atoms with Gasteiger partial charge in [0.2, 0.25) is 10.0 Å². The van der Waals surface area contributed by atoms with E-state index in [1.165, 1.54) is 0 Å². The van der Waals surface area contributed by atoms with Crippen molar-refractivity contribution >= 4 is 10.0 Å². The molecule has 0 radical (unpaired) electrons. The Kier molecular flexibility index (Phi) is 6.40. The van der Waals surface area contributed by atoms with E-state index in [4.69, 9.17) is 4.74 Å². The number of rotatable bonds is 8. The van der Waals surface area contributed by atoms with E-state index in [1.807, 2.05) is 0 Å². The highest BCUT2D eigenvalue weighted by molar-refractivity contribution is 7.89. The highest BCUT2D eigenvalue weighted by Gasteiger charge is 2.30. The lowest BCUT2D eigenvalue weighted by Crippen LogP contribution is -2.33. The van der Waals surface area contributed by atoms with Gasteiger partial charge in [0, 0.05) is 20.2 Å². The van der Waals surface area contributed by atoms with Crippen LogP contribution in [0, 0.1) is 0 Å². The zero-order valence-electron chi connectivity index (χ0n) is 10.8. The molecule has 0 aromatic rings. The van der Waals surface area contributed by atoms with E-state index in [9.17, 15) is 8.42 Å². The van der Waals surface area contributed by atoms with E-state index in [0.29, 0.717) is 19.5 Å². The van der Waals surface area contributed by atoms with Crippen LogP contribution in [0.3, 0.4) is 0 Å². The SMILES string of the molecule is CCCNCCCS(=O)(=O)N1CCC(OC)C1. The topological polar surface area (TPSA) is 58.6 Å². The average molecular weight is 264 g/mol. The van der Waals surface area contributed by atoms with E-state index in [0.717, 1.165) is 25.9 Å². The first-order valence-corrected chi connectivity index (χ1v) is 7.92. The number of nitrogens with zero attached hydrogens (tertiary/aromatic N) is 1. The number of hydrogen-bond acceptors (Lipinski definition) is 4. The Morgan fingerprint density at radius 1 is 1.41 bits per heavy atom. The van der Waals surface area contributed by atoms with Crippen molar-refractivity contribution in [3.8, 4) is 0 Å². The van der Waals surface area contributed by atoms with Crippen LogP contribution in [-0.2, 0) is 14.8 Å². The Bertz CT molecular complexity index is 306. The summed E-state index contributed by atoms with van der Waals surface area (Å²) in [6, 6.07) is 0. The Morgan fingerprint density at radius 3 is 2.76 bits per heavy atom. The van der Waals surface area contributed by atoms with Crippen LogP contribution < -0.4 is 5.32 Å². The van der Waals surface area contributed by atoms with Gasteiger partial charge in [0.25, 0.3) is 0 Å². The molecule has 1 saturated heterocycles. The number of sulfonamides is 1. The molecule has 0 spiro atoms. The second-order valence-electron chi connectivity index (χ2n) is 4.42. The summed E-state index contributed by atoms with van der Waals surface area (Å²) in [5.41, 5.74) is 0. The van der Waals surface area contributed by atoms with E-state index in [1.54, 1.807) is 11.4 Å². The predicted molar refractivity (Wildman–Crippen MR) is 68.6 cm³/mol. The second kappa shape index (κ2) is 7.31. The molecule has 102 valence electrons. The summed E-state index contributed by atoms with van der Waals surface area (Å²) in [6.45, 7) is 4.94. The molecule has 17 heavy (non-hydrogen) atoms.